The summed E-state index contributed by atoms with van der Waals surface area (Å²) < 4.78 is 0. The number of carbonyl (C=O) groups is 1. The Kier molecular flexibility index (Phi) is 4.73. The zero-order chi connectivity index (χ0) is 16.1. The van der Waals surface area contributed by atoms with E-state index in [9.17, 15) is 14.9 Å². The zero-order valence-corrected chi connectivity index (χ0v) is 12.4. The minimum atomic E-state index is -0.391. The van der Waals surface area contributed by atoms with Gasteiger partial charge in [0.1, 0.15) is 0 Å². The summed E-state index contributed by atoms with van der Waals surface area (Å²) in [6, 6.07) is 12.1. The molecule has 2 aromatic carbocycles. The van der Waals surface area contributed by atoms with Crippen molar-refractivity contribution in [2.45, 2.75) is 20.4 Å². The highest BCUT2D eigenvalue weighted by atomic mass is 16.6. The van der Waals surface area contributed by atoms with E-state index in [-0.39, 0.29) is 11.6 Å². The summed E-state index contributed by atoms with van der Waals surface area (Å²) in [5, 5.41) is 16.9. The summed E-state index contributed by atoms with van der Waals surface area (Å²) in [6.07, 6.45) is 0. The van der Waals surface area contributed by atoms with E-state index in [2.05, 4.69) is 10.6 Å². The van der Waals surface area contributed by atoms with Gasteiger partial charge in [0.15, 0.2) is 0 Å². The third-order valence-electron chi connectivity index (χ3n) is 3.30. The maximum Gasteiger partial charge on any atom is 0.274 e. The van der Waals surface area contributed by atoms with E-state index in [0.717, 1.165) is 16.9 Å². The van der Waals surface area contributed by atoms with E-state index < -0.39 is 4.92 Å². The van der Waals surface area contributed by atoms with Gasteiger partial charge in [0.2, 0.25) is 5.91 Å². The van der Waals surface area contributed by atoms with Crippen molar-refractivity contribution in [3.8, 4) is 0 Å². The number of benzene rings is 2. The highest BCUT2D eigenvalue weighted by Crippen LogP contribution is 2.25. The molecule has 0 aromatic heterocycles. The van der Waals surface area contributed by atoms with Gasteiger partial charge in [0.05, 0.1) is 4.92 Å². The highest BCUT2D eigenvalue weighted by Gasteiger charge is 2.12. The molecule has 2 N–H and O–H groups in total. The Bertz CT molecular complexity index is 714. The number of nitrogens with one attached hydrogen (secondary N) is 2. The Morgan fingerprint density at radius 1 is 1.14 bits per heavy atom. The Morgan fingerprint density at radius 2 is 1.82 bits per heavy atom. The second-order valence-corrected chi connectivity index (χ2v) is 4.90. The van der Waals surface area contributed by atoms with Crippen molar-refractivity contribution in [2.75, 3.05) is 10.6 Å². The van der Waals surface area contributed by atoms with E-state index in [1.165, 1.54) is 13.0 Å². The summed E-state index contributed by atoms with van der Waals surface area (Å²) >= 11 is 0. The molecule has 0 fully saturated rings. The Morgan fingerprint density at radius 3 is 2.50 bits per heavy atom. The molecule has 2 aromatic rings. The molecule has 0 spiro atoms. The van der Waals surface area contributed by atoms with E-state index in [1.807, 2.05) is 25.1 Å². The smallest absolute Gasteiger partial charge is 0.274 e. The monoisotopic (exact) mass is 299 g/mol. The number of hydrogen-bond acceptors (Lipinski definition) is 4. The Labute approximate surface area is 128 Å². The molecule has 0 unspecified atom stereocenters. The largest absolute Gasteiger partial charge is 0.380 e. The maximum absolute atomic E-state index is 11.2. The molecule has 2 rings (SSSR count). The lowest BCUT2D eigenvalue weighted by Crippen LogP contribution is -2.09. The molecule has 0 atom stereocenters. The van der Waals surface area contributed by atoms with Crippen LogP contribution < -0.4 is 10.6 Å². The highest BCUT2D eigenvalue weighted by molar-refractivity contribution is 5.90. The predicted octanol–water partition coefficient (Wildman–Crippen LogP) is 3.47. The van der Waals surface area contributed by atoms with Gasteiger partial charge < -0.3 is 10.6 Å². The first-order chi connectivity index (χ1) is 10.5. The second kappa shape index (κ2) is 6.71. The number of amides is 1. The molecular weight excluding hydrogens is 282 g/mol. The van der Waals surface area contributed by atoms with Crippen molar-refractivity contribution in [3.05, 3.63) is 63.7 Å². The molecule has 0 saturated heterocycles. The Hall–Kier alpha value is -2.89. The minimum Gasteiger partial charge on any atom is -0.380 e. The van der Waals surface area contributed by atoms with Gasteiger partial charge >= 0.3 is 0 Å². The van der Waals surface area contributed by atoms with Crippen molar-refractivity contribution in [1.82, 2.24) is 0 Å². The van der Waals surface area contributed by atoms with Gasteiger partial charge in [-0.3, -0.25) is 14.9 Å². The summed E-state index contributed by atoms with van der Waals surface area (Å²) in [5.41, 5.74) is 3.13. The normalized spacial score (nSPS) is 10.1. The van der Waals surface area contributed by atoms with Crippen molar-refractivity contribution < 1.29 is 9.72 Å². The molecule has 0 radical (unpaired) electrons. The molecular formula is C16H17N3O3. The van der Waals surface area contributed by atoms with Crippen molar-refractivity contribution in [1.29, 1.82) is 0 Å². The fraction of sp³-hybridized carbons (Fsp3) is 0.188. The number of nitro groups is 1. The maximum atomic E-state index is 11.2. The fourth-order valence-electron chi connectivity index (χ4n) is 2.18. The van der Waals surface area contributed by atoms with Crippen LogP contribution in [0.1, 0.15) is 18.1 Å². The van der Waals surface area contributed by atoms with Gasteiger partial charge in [-0.15, -0.1) is 0 Å². The van der Waals surface area contributed by atoms with Crippen LogP contribution >= 0.6 is 0 Å². The first kappa shape index (κ1) is 15.5. The van der Waals surface area contributed by atoms with Crippen LogP contribution in [-0.4, -0.2) is 10.8 Å². The standard InChI is InChI=1S/C16H17N3O3/c1-11-14(7-5-8-15(11)18-12(2)20)17-10-13-6-3-4-9-16(13)19(21)22/h3-9,17H,10H2,1-2H3,(H,18,20). The SMILES string of the molecule is CC(=O)Nc1cccc(NCc2ccccc2[N+](=O)[O-])c1C. The molecule has 0 bridgehead atoms. The van der Waals surface area contributed by atoms with Crippen LogP contribution in [-0.2, 0) is 11.3 Å². The van der Waals surface area contributed by atoms with Gasteiger partial charge in [-0.1, -0.05) is 24.3 Å². The topological polar surface area (TPSA) is 84.3 Å². The average Bonchev–Trinajstić information content (AvgIpc) is 2.48. The minimum absolute atomic E-state index is 0.0886. The molecule has 1 amide bonds. The van der Waals surface area contributed by atoms with Crippen molar-refractivity contribution in [2.24, 2.45) is 0 Å². The summed E-state index contributed by atoms with van der Waals surface area (Å²) in [7, 11) is 0. The number of nitrogens with zero attached hydrogens (tertiary/aromatic N) is 1. The van der Waals surface area contributed by atoms with E-state index in [1.54, 1.807) is 18.2 Å². The third-order valence-corrected chi connectivity index (χ3v) is 3.30. The molecule has 6 heteroatoms. The predicted molar refractivity (Wildman–Crippen MR) is 85.9 cm³/mol. The fourth-order valence-corrected chi connectivity index (χ4v) is 2.18. The van der Waals surface area contributed by atoms with E-state index >= 15 is 0 Å². The van der Waals surface area contributed by atoms with Crippen molar-refractivity contribution in [3.63, 3.8) is 0 Å². The first-order valence-electron chi connectivity index (χ1n) is 6.82. The number of rotatable bonds is 5. The molecule has 22 heavy (non-hydrogen) atoms. The molecule has 0 aliphatic heterocycles. The molecule has 114 valence electrons. The molecule has 0 aliphatic carbocycles. The molecule has 0 aliphatic rings. The lowest BCUT2D eigenvalue weighted by molar-refractivity contribution is -0.385. The number of nitro benzene ring substituents is 1. The van der Waals surface area contributed by atoms with Crippen molar-refractivity contribution >= 4 is 23.0 Å². The summed E-state index contributed by atoms with van der Waals surface area (Å²) in [6.45, 7) is 3.67. The van der Waals surface area contributed by atoms with Crippen LogP contribution in [0.5, 0.6) is 0 Å². The summed E-state index contributed by atoms with van der Waals surface area (Å²) in [4.78, 5) is 21.8. The average molecular weight is 299 g/mol. The molecule has 6 nitrogen and oxygen atoms in total. The van der Waals surface area contributed by atoms with Gasteiger partial charge in [-0.2, -0.15) is 0 Å². The third kappa shape index (κ3) is 3.60. The number of anilines is 2. The number of carbonyl (C=O) groups excluding carboxylic acids is 1. The molecule has 0 saturated carbocycles. The van der Waals surface area contributed by atoms with Crippen LogP contribution in [0.2, 0.25) is 0 Å². The molecule has 0 heterocycles. The zero-order valence-electron chi connectivity index (χ0n) is 12.4. The van der Waals surface area contributed by atoms with Crippen LogP contribution in [0.3, 0.4) is 0 Å². The van der Waals surface area contributed by atoms with Gasteiger partial charge in [-0.25, -0.2) is 0 Å². The van der Waals surface area contributed by atoms with Crippen LogP contribution in [0, 0.1) is 17.0 Å². The second-order valence-electron chi connectivity index (χ2n) is 4.90. The van der Waals surface area contributed by atoms with Crippen LogP contribution in [0.15, 0.2) is 42.5 Å². The summed E-state index contributed by atoms with van der Waals surface area (Å²) in [5.74, 6) is -0.140. The number of para-hydroxylation sites is 1. The van der Waals surface area contributed by atoms with E-state index in [0.29, 0.717) is 12.1 Å². The lowest BCUT2D eigenvalue weighted by atomic mass is 10.1. The van der Waals surface area contributed by atoms with Gasteiger partial charge in [0, 0.05) is 36.5 Å². The first-order valence-corrected chi connectivity index (χ1v) is 6.82. The quantitative estimate of drug-likeness (QED) is 0.654. The number of hydrogen-bond donors (Lipinski definition) is 2. The van der Waals surface area contributed by atoms with E-state index in [4.69, 9.17) is 0 Å². The van der Waals surface area contributed by atoms with Crippen LogP contribution in [0.25, 0.3) is 0 Å². The Balaban J connectivity index is 2.19. The lowest BCUT2D eigenvalue weighted by Gasteiger charge is -2.13. The van der Waals surface area contributed by atoms with Gasteiger partial charge in [0.25, 0.3) is 5.69 Å². The van der Waals surface area contributed by atoms with Gasteiger partial charge in [-0.05, 0) is 24.6 Å². The van der Waals surface area contributed by atoms with Crippen LogP contribution in [0.4, 0.5) is 17.1 Å².